The molecule has 1 aromatic heterocycles. The van der Waals surface area contributed by atoms with Gasteiger partial charge < -0.3 is 10.4 Å². The zero-order chi connectivity index (χ0) is 18.7. The Kier molecular flexibility index (Phi) is 4.83. The van der Waals surface area contributed by atoms with Gasteiger partial charge in [0, 0.05) is 18.7 Å². The number of benzene rings is 2. The van der Waals surface area contributed by atoms with Crippen LogP contribution in [0.2, 0.25) is 0 Å². The molecule has 8 heteroatoms. The number of hydrogen-bond acceptors (Lipinski definition) is 4. The summed E-state index contributed by atoms with van der Waals surface area (Å²) in [6.45, 7) is 0. The van der Waals surface area contributed by atoms with Crippen LogP contribution in [0.4, 0.5) is 8.78 Å². The Labute approximate surface area is 146 Å². The minimum Gasteiger partial charge on any atom is -0.480 e. The van der Waals surface area contributed by atoms with E-state index < -0.39 is 35.1 Å². The van der Waals surface area contributed by atoms with Crippen molar-refractivity contribution in [2.24, 2.45) is 0 Å². The first kappa shape index (κ1) is 17.4. The molecule has 1 heterocycles. The molecule has 3 rings (SSSR count). The van der Waals surface area contributed by atoms with Gasteiger partial charge in [-0.3, -0.25) is 9.78 Å². The van der Waals surface area contributed by atoms with Gasteiger partial charge in [0.25, 0.3) is 5.91 Å². The highest BCUT2D eigenvalue weighted by Gasteiger charge is 2.23. The highest BCUT2D eigenvalue weighted by molar-refractivity contribution is 5.96. The molecule has 0 unspecified atom stereocenters. The molecule has 132 valence electrons. The van der Waals surface area contributed by atoms with Gasteiger partial charge in [0.15, 0.2) is 0 Å². The minimum atomic E-state index is -1.34. The molecule has 0 saturated carbocycles. The van der Waals surface area contributed by atoms with E-state index in [0.29, 0.717) is 22.8 Å². The number of aromatic nitrogens is 2. The van der Waals surface area contributed by atoms with Gasteiger partial charge in [-0.2, -0.15) is 0 Å². The van der Waals surface area contributed by atoms with Gasteiger partial charge in [0.05, 0.1) is 22.3 Å². The summed E-state index contributed by atoms with van der Waals surface area (Å²) in [7, 11) is 0. The second-order valence-electron chi connectivity index (χ2n) is 5.54. The number of para-hydroxylation sites is 2. The molecule has 2 aromatic carbocycles. The Hall–Kier alpha value is -3.42. The van der Waals surface area contributed by atoms with Crippen molar-refractivity contribution in [3.05, 3.63) is 71.6 Å². The monoisotopic (exact) mass is 357 g/mol. The SMILES string of the molecule is O=C(N[C@H](Cc1cnc2ccccc2n1)C(=O)O)c1ccc(F)cc1F. The number of amides is 1. The van der Waals surface area contributed by atoms with E-state index in [2.05, 4.69) is 15.3 Å². The van der Waals surface area contributed by atoms with E-state index in [0.717, 1.165) is 12.1 Å². The summed E-state index contributed by atoms with van der Waals surface area (Å²) in [6, 6.07) is 8.15. The van der Waals surface area contributed by atoms with Gasteiger partial charge in [0.1, 0.15) is 17.7 Å². The van der Waals surface area contributed by atoms with E-state index in [-0.39, 0.29) is 6.42 Å². The van der Waals surface area contributed by atoms with Crippen LogP contribution in [0.1, 0.15) is 16.1 Å². The Morgan fingerprint density at radius 3 is 2.54 bits per heavy atom. The summed E-state index contributed by atoms with van der Waals surface area (Å²) >= 11 is 0. The van der Waals surface area contributed by atoms with Gasteiger partial charge in [0.2, 0.25) is 0 Å². The molecule has 0 bridgehead atoms. The normalized spacial score (nSPS) is 11.9. The predicted molar refractivity (Wildman–Crippen MR) is 88.5 cm³/mol. The molecule has 0 radical (unpaired) electrons. The first-order valence-electron chi connectivity index (χ1n) is 7.63. The molecular weight excluding hydrogens is 344 g/mol. The Bertz CT molecular complexity index is 994. The second-order valence-corrected chi connectivity index (χ2v) is 5.54. The maximum atomic E-state index is 13.7. The van der Waals surface area contributed by atoms with Gasteiger partial charge in [-0.25, -0.2) is 18.6 Å². The molecule has 0 aliphatic carbocycles. The third kappa shape index (κ3) is 3.80. The highest BCUT2D eigenvalue weighted by Crippen LogP contribution is 2.12. The second kappa shape index (κ2) is 7.22. The van der Waals surface area contributed by atoms with Crippen molar-refractivity contribution in [1.82, 2.24) is 15.3 Å². The van der Waals surface area contributed by atoms with Crippen LogP contribution in [0.25, 0.3) is 11.0 Å². The van der Waals surface area contributed by atoms with Crippen LogP contribution in [0, 0.1) is 11.6 Å². The molecule has 6 nitrogen and oxygen atoms in total. The third-order valence-corrected chi connectivity index (χ3v) is 3.69. The largest absolute Gasteiger partial charge is 0.480 e. The third-order valence-electron chi connectivity index (χ3n) is 3.69. The van der Waals surface area contributed by atoms with Crippen LogP contribution >= 0.6 is 0 Å². The van der Waals surface area contributed by atoms with Crippen molar-refractivity contribution in [3.8, 4) is 0 Å². The van der Waals surface area contributed by atoms with Crippen molar-refractivity contribution in [1.29, 1.82) is 0 Å². The van der Waals surface area contributed by atoms with Gasteiger partial charge in [-0.15, -0.1) is 0 Å². The lowest BCUT2D eigenvalue weighted by Gasteiger charge is -2.14. The Morgan fingerprint density at radius 2 is 1.85 bits per heavy atom. The number of carboxylic acid groups (broad SMARTS) is 1. The lowest BCUT2D eigenvalue weighted by molar-refractivity contribution is -0.139. The topological polar surface area (TPSA) is 92.2 Å². The van der Waals surface area contributed by atoms with Crippen LogP contribution in [-0.4, -0.2) is 33.0 Å². The van der Waals surface area contributed by atoms with Crippen molar-refractivity contribution < 1.29 is 23.5 Å². The number of nitrogens with zero attached hydrogens (tertiary/aromatic N) is 2. The van der Waals surface area contributed by atoms with Crippen LogP contribution in [0.15, 0.2) is 48.7 Å². The van der Waals surface area contributed by atoms with E-state index in [1.54, 1.807) is 24.3 Å². The molecule has 1 amide bonds. The van der Waals surface area contributed by atoms with Crippen LogP contribution in [-0.2, 0) is 11.2 Å². The van der Waals surface area contributed by atoms with Crippen LogP contribution in [0.5, 0.6) is 0 Å². The first-order chi connectivity index (χ1) is 12.4. The molecule has 26 heavy (non-hydrogen) atoms. The fourth-order valence-electron chi connectivity index (χ4n) is 2.41. The van der Waals surface area contributed by atoms with Crippen LogP contribution < -0.4 is 5.32 Å². The Morgan fingerprint density at radius 1 is 1.12 bits per heavy atom. The average molecular weight is 357 g/mol. The molecule has 0 aliphatic heterocycles. The smallest absolute Gasteiger partial charge is 0.326 e. The number of carbonyl (C=O) groups is 2. The summed E-state index contributed by atoms with van der Waals surface area (Å²) in [6.07, 6.45) is 1.28. The van der Waals surface area contributed by atoms with Crippen molar-refractivity contribution in [2.45, 2.75) is 12.5 Å². The molecule has 0 spiro atoms. The lowest BCUT2D eigenvalue weighted by Crippen LogP contribution is -2.42. The van der Waals surface area contributed by atoms with E-state index in [9.17, 15) is 23.5 Å². The molecular formula is C18H13F2N3O3. The number of hydrogen-bond donors (Lipinski definition) is 2. The fourth-order valence-corrected chi connectivity index (χ4v) is 2.41. The van der Waals surface area contributed by atoms with Gasteiger partial charge in [-0.05, 0) is 24.3 Å². The van der Waals surface area contributed by atoms with Gasteiger partial charge >= 0.3 is 5.97 Å². The quantitative estimate of drug-likeness (QED) is 0.731. The molecule has 2 N–H and O–H groups in total. The number of carbonyl (C=O) groups excluding carboxylic acids is 1. The lowest BCUT2D eigenvalue weighted by atomic mass is 10.1. The van der Waals surface area contributed by atoms with Crippen molar-refractivity contribution in [3.63, 3.8) is 0 Å². The molecule has 0 fully saturated rings. The minimum absolute atomic E-state index is 0.137. The summed E-state index contributed by atoms with van der Waals surface area (Å²) in [4.78, 5) is 32.1. The van der Waals surface area contributed by atoms with E-state index in [4.69, 9.17) is 0 Å². The maximum Gasteiger partial charge on any atom is 0.326 e. The van der Waals surface area contributed by atoms with Crippen molar-refractivity contribution >= 4 is 22.9 Å². The van der Waals surface area contributed by atoms with Crippen molar-refractivity contribution in [2.75, 3.05) is 0 Å². The number of rotatable bonds is 5. The van der Waals surface area contributed by atoms with E-state index in [1.165, 1.54) is 6.20 Å². The summed E-state index contributed by atoms with van der Waals surface area (Å²) in [5.74, 6) is -4.17. The number of aliphatic carboxylic acids is 1. The zero-order valence-corrected chi connectivity index (χ0v) is 13.3. The average Bonchev–Trinajstić information content (AvgIpc) is 2.60. The van der Waals surface area contributed by atoms with Gasteiger partial charge in [-0.1, -0.05) is 12.1 Å². The first-order valence-corrected chi connectivity index (χ1v) is 7.63. The van der Waals surface area contributed by atoms with E-state index >= 15 is 0 Å². The number of fused-ring (bicyclic) bond motifs is 1. The van der Waals surface area contributed by atoms with E-state index in [1.807, 2.05) is 0 Å². The number of carboxylic acids is 1. The molecule has 3 aromatic rings. The number of halogens is 2. The summed E-state index contributed by atoms with van der Waals surface area (Å²) in [5, 5.41) is 11.6. The molecule has 0 saturated heterocycles. The molecule has 0 aliphatic rings. The standard InChI is InChI=1S/C18H13F2N3O3/c19-10-5-6-12(13(20)7-10)17(24)23-16(18(25)26)8-11-9-21-14-3-1-2-4-15(14)22-11/h1-7,9,16H,8H2,(H,23,24)(H,25,26)/t16-/m1/s1. The Balaban J connectivity index is 1.80. The fraction of sp³-hybridized carbons (Fsp3) is 0.111. The zero-order valence-electron chi connectivity index (χ0n) is 13.3. The summed E-state index contributed by atoms with van der Waals surface area (Å²) in [5.41, 5.74) is 1.16. The maximum absolute atomic E-state index is 13.7. The predicted octanol–water partition coefficient (Wildman–Crippen LogP) is 2.33. The molecule has 1 atom stereocenters. The number of nitrogens with one attached hydrogen (secondary N) is 1. The highest BCUT2D eigenvalue weighted by atomic mass is 19.1. The summed E-state index contributed by atoms with van der Waals surface area (Å²) < 4.78 is 26.6. The van der Waals surface area contributed by atoms with Crippen LogP contribution in [0.3, 0.4) is 0 Å².